The Morgan fingerprint density at radius 1 is 1.15 bits per heavy atom. The van der Waals surface area contributed by atoms with Crippen molar-refractivity contribution in [3.8, 4) is 11.5 Å². The van der Waals surface area contributed by atoms with Gasteiger partial charge in [-0.2, -0.15) is 11.8 Å². The molecule has 1 amide bonds. The second-order valence-corrected chi connectivity index (χ2v) is 8.52. The van der Waals surface area contributed by atoms with Crippen LogP contribution in [0.15, 0.2) is 42.5 Å². The number of aryl methyl sites for hydroxylation is 1. The molecular weight excluding hydrogens is 382 g/mol. The number of thioether (sulfide) groups is 1. The van der Waals surface area contributed by atoms with E-state index in [9.17, 15) is 4.79 Å². The highest BCUT2D eigenvalue weighted by molar-refractivity contribution is 7.99. The van der Waals surface area contributed by atoms with Crippen LogP contribution in [0.5, 0.6) is 11.5 Å². The number of hydrogen-bond donors (Lipinski definition) is 0. The average molecular weight is 404 g/mol. The Balaban J connectivity index is 1.33. The monoisotopic (exact) mass is 403 g/mol. The third kappa shape index (κ3) is 4.53. The van der Waals surface area contributed by atoms with Crippen molar-refractivity contribution in [1.82, 2.24) is 4.90 Å². The van der Waals surface area contributed by atoms with Crippen molar-refractivity contribution in [2.45, 2.75) is 24.5 Å². The molecule has 1 unspecified atom stereocenters. The summed E-state index contributed by atoms with van der Waals surface area (Å²) in [6.07, 6.45) is 2.21. The number of fused-ring (bicyclic) bond motifs is 1. The molecular formula is C21H22ClNO3S. The van der Waals surface area contributed by atoms with Gasteiger partial charge in [0, 0.05) is 35.5 Å². The van der Waals surface area contributed by atoms with Crippen LogP contribution in [-0.4, -0.2) is 36.4 Å². The maximum atomic E-state index is 12.7. The Morgan fingerprint density at radius 2 is 2.04 bits per heavy atom. The van der Waals surface area contributed by atoms with E-state index in [1.807, 2.05) is 47.0 Å². The Kier molecular flexibility index (Phi) is 5.79. The minimum Gasteiger partial charge on any atom is -0.454 e. The van der Waals surface area contributed by atoms with Crippen molar-refractivity contribution < 1.29 is 14.3 Å². The summed E-state index contributed by atoms with van der Waals surface area (Å²) in [4.78, 5) is 14.7. The SMILES string of the molecule is O=C(CCc1cccc(Cl)c1)N1CCSC(c2ccc3c(c2)OCO3)CC1. The minimum atomic E-state index is 0.224. The largest absolute Gasteiger partial charge is 0.454 e. The number of amides is 1. The van der Waals surface area contributed by atoms with Crippen LogP contribution in [0.25, 0.3) is 0 Å². The molecule has 27 heavy (non-hydrogen) atoms. The summed E-state index contributed by atoms with van der Waals surface area (Å²) in [5.41, 5.74) is 2.36. The van der Waals surface area contributed by atoms with Gasteiger partial charge in [-0.25, -0.2) is 0 Å². The molecule has 4 nitrogen and oxygen atoms in total. The molecule has 4 rings (SSSR count). The zero-order chi connectivity index (χ0) is 18.6. The van der Waals surface area contributed by atoms with Gasteiger partial charge in [-0.05, 0) is 48.2 Å². The molecule has 0 aromatic heterocycles. The van der Waals surface area contributed by atoms with Crippen molar-refractivity contribution in [2.24, 2.45) is 0 Å². The lowest BCUT2D eigenvalue weighted by atomic mass is 10.1. The van der Waals surface area contributed by atoms with E-state index in [4.69, 9.17) is 21.1 Å². The van der Waals surface area contributed by atoms with Gasteiger partial charge in [-0.15, -0.1) is 0 Å². The Labute approximate surface area is 168 Å². The maximum absolute atomic E-state index is 12.7. The van der Waals surface area contributed by atoms with Gasteiger partial charge in [0.15, 0.2) is 11.5 Å². The molecule has 2 aliphatic heterocycles. The van der Waals surface area contributed by atoms with E-state index in [-0.39, 0.29) is 5.91 Å². The summed E-state index contributed by atoms with van der Waals surface area (Å²) >= 11 is 7.94. The Morgan fingerprint density at radius 3 is 2.93 bits per heavy atom. The van der Waals surface area contributed by atoms with Gasteiger partial charge in [-0.3, -0.25) is 4.79 Å². The maximum Gasteiger partial charge on any atom is 0.231 e. The van der Waals surface area contributed by atoms with Gasteiger partial charge in [0.25, 0.3) is 0 Å². The number of ether oxygens (including phenoxy) is 2. The highest BCUT2D eigenvalue weighted by atomic mass is 35.5. The standard InChI is InChI=1S/C21H22ClNO3S/c22-17-3-1-2-15(12-17)4-7-21(24)23-9-8-20(27-11-10-23)16-5-6-18-19(13-16)26-14-25-18/h1-3,5-6,12-13,20H,4,7-11,14H2. The lowest BCUT2D eigenvalue weighted by molar-refractivity contribution is -0.130. The molecule has 2 aromatic rings. The molecule has 1 atom stereocenters. The molecule has 2 aliphatic rings. The highest BCUT2D eigenvalue weighted by Crippen LogP contribution is 2.40. The molecule has 2 heterocycles. The van der Waals surface area contributed by atoms with Crippen LogP contribution in [-0.2, 0) is 11.2 Å². The van der Waals surface area contributed by atoms with Crippen LogP contribution in [0.1, 0.15) is 29.2 Å². The van der Waals surface area contributed by atoms with Gasteiger partial charge in [0.2, 0.25) is 12.7 Å². The molecule has 0 aliphatic carbocycles. The number of nitrogens with zero attached hydrogens (tertiary/aromatic N) is 1. The van der Waals surface area contributed by atoms with Crippen LogP contribution in [0, 0.1) is 0 Å². The molecule has 2 aromatic carbocycles. The summed E-state index contributed by atoms with van der Waals surface area (Å²) in [5.74, 6) is 2.81. The van der Waals surface area contributed by atoms with E-state index < -0.39 is 0 Å². The van der Waals surface area contributed by atoms with Gasteiger partial charge in [-0.1, -0.05) is 29.8 Å². The van der Waals surface area contributed by atoms with Crippen molar-refractivity contribution >= 4 is 29.3 Å². The number of carbonyl (C=O) groups excluding carboxylic acids is 1. The lowest BCUT2D eigenvalue weighted by Gasteiger charge is -2.20. The summed E-state index contributed by atoms with van der Waals surface area (Å²) in [5, 5.41) is 1.10. The van der Waals surface area contributed by atoms with Gasteiger partial charge < -0.3 is 14.4 Å². The van der Waals surface area contributed by atoms with E-state index >= 15 is 0 Å². The molecule has 0 bridgehead atoms. The van der Waals surface area contributed by atoms with Crippen molar-refractivity contribution in [1.29, 1.82) is 0 Å². The lowest BCUT2D eigenvalue weighted by Crippen LogP contribution is -2.33. The number of rotatable bonds is 4. The molecule has 1 fully saturated rings. The van der Waals surface area contributed by atoms with Crippen molar-refractivity contribution in [3.63, 3.8) is 0 Å². The van der Waals surface area contributed by atoms with Gasteiger partial charge in [0.05, 0.1) is 0 Å². The molecule has 142 valence electrons. The fourth-order valence-electron chi connectivity index (χ4n) is 3.50. The predicted molar refractivity (Wildman–Crippen MR) is 109 cm³/mol. The minimum absolute atomic E-state index is 0.224. The normalized spacial score (nSPS) is 19.0. The topological polar surface area (TPSA) is 38.8 Å². The summed E-state index contributed by atoms with van der Waals surface area (Å²) < 4.78 is 10.9. The van der Waals surface area contributed by atoms with E-state index in [2.05, 4.69) is 12.1 Å². The number of hydrogen-bond acceptors (Lipinski definition) is 4. The first-order valence-corrected chi connectivity index (χ1v) is 10.6. The second-order valence-electron chi connectivity index (χ2n) is 6.77. The quantitative estimate of drug-likeness (QED) is 0.741. The van der Waals surface area contributed by atoms with E-state index in [0.29, 0.717) is 18.5 Å². The van der Waals surface area contributed by atoms with E-state index in [0.717, 1.165) is 53.8 Å². The Hall–Kier alpha value is -1.85. The molecule has 6 heteroatoms. The summed E-state index contributed by atoms with van der Waals surface area (Å²) in [6, 6.07) is 13.9. The molecule has 0 N–H and O–H groups in total. The molecule has 0 saturated carbocycles. The van der Waals surface area contributed by atoms with E-state index in [1.165, 1.54) is 5.56 Å². The first kappa shape index (κ1) is 18.5. The fourth-order valence-corrected chi connectivity index (χ4v) is 4.94. The highest BCUT2D eigenvalue weighted by Gasteiger charge is 2.23. The predicted octanol–water partition coefficient (Wildman–Crippen LogP) is 4.71. The zero-order valence-electron chi connectivity index (χ0n) is 15.0. The van der Waals surface area contributed by atoms with Crippen molar-refractivity contribution in [2.75, 3.05) is 25.6 Å². The van der Waals surface area contributed by atoms with Crippen molar-refractivity contribution in [3.05, 3.63) is 58.6 Å². The Bertz CT molecular complexity index is 829. The van der Waals surface area contributed by atoms with Crippen LogP contribution in [0.3, 0.4) is 0 Å². The zero-order valence-corrected chi connectivity index (χ0v) is 16.6. The van der Waals surface area contributed by atoms with Crippen LogP contribution in [0.2, 0.25) is 5.02 Å². The van der Waals surface area contributed by atoms with Crippen LogP contribution < -0.4 is 9.47 Å². The average Bonchev–Trinajstić information content (AvgIpc) is 3.01. The first-order valence-electron chi connectivity index (χ1n) is 9.22. The fraction of sp³-hybridized carbons (Fsp3) is 0.381. The van der Waals surface area contributed by atoms with Gasteiger partial charge >= 0.3 is 0 Å². The molecule has 0 radical (unpaired) electrons. The third-order valence-corrected chi connectivity index (χ3v) is 6.54. The number of halogens is 1. The third-order valence-electron chi connectivity index (χ3n) is 4.98. The van der Waals surface area contributed by atoms with Gasteiger partial charge in [0.1, 0.15) is 0 Å². The van der Waals surface area contributed by atoms with Crippen LogP contribution >= 0.6 is 23.4 Å². The number of carbonyl (C=O) groups is 1. The number of benzene rings is 2. The van der Waals surface area contributed by atoms with Crippen LogP contribution in [0.4, 0.5) is 0 Å². The molecule has 1 saturated heterocycles. The smallest absolute Gasteiger partial charge is 0.231 e. The molecule has 0 spiro atoms. The summed E-state index contributed by atoms with van der Waals surface area (Å²) in [7, 11) is 0. The van der Waals surface area contributed by atoms with E-state index in [1.54, 1.807) is 0 Å². The first-order chi connectivity index (χ1) is 13.2. The summed E-state index contributed by atoms with van der Waals surface area (Å²) in [6.45, 7) is 1.89. The second kappa shape index (κ2) is 8.44.